The largest absolute Gasteiger partial charge is 0.347 e. The summed E-state index contributed by atoms with van der Waals surface area (Å²) in [5.41, 5.74) is 0.860. The molecule has 1 aliphatic rings. The van der Waals surface area contributed by atoms with Crippen LogP contribution in [-0.2, 0) is 9.84 Å². The highest BCUT2D eigenvalue weighted by Crippen LogP contribution is 2.14. The topological polar surface area (TPSA) is 94.0 Å². The summed E-state index contributed by atoms with van der Waals surface area (Å²) in [4.78, 5) is 12.1. The molecule has 1 aromatic heterocycles. The van der Waals surface area contributed by atoms with Crippen molar-refractivity contribution in [1.29, 1.82) is 0 Å². The predicted molar refractivity (Wildman–Crippen MR) is 80.9 cm³/mol. The van der Waals surface area contributed by atoms with Crippen LogP contribution in [0.15, 0.2) is 30.5 Å². The van der Waals surface area contributed by atoms with Crippen LogP contribution in [0, 0.1) is 0 Å². The average molecular weight is 341 g/mol. The molecule has 1 amide bonds. The van der Waals surface area contributed by atoms with Crippen LogP contribution in [0.3, 0.4) is 0 Å². The van der Waals surface area contributed by atoms with Crippen molar-refractivity contribution in [2.45, 2.75) is 12.5 Å². The lowest BCUT2D eigenvalue weighted by molar-refractivity contribution is 0.0936. The number of aromatic nitrogens is 3. The van der Waals surface area contributed by atoms with E-state index in [0.29, 0.717) is 11.4 Å². The number of benzene rings is 1. The Bertz CT molecular complexity index is 801. The lowest BCUT2D eigenvalue weighted by Gasteiger charge is -2.08. The number of nitrogens with one attached hydrogen (secondary N) is 1. The first-order chi connectivity index (χ1) is 10.4. The van der Waals surface area contributed by atoms with E-state index >= 15 is 0 Å². The second kappa shape index (κ2) is 5.69. The van der Waals surface area contributed by atoms with Crippen LogP contribution in [0.5, 0.6) is 0 Å². The van der Waals surface area contributed by atoms with Gasteiger partial charge in [0.25, 0.3) is 5.91 Å². The number of hydrogen-bond donors (Lipinski definition) is 1. The fourth-order valence-corrected chi connectivity index (χ4v) is 4.06. The maximum atomic E-state index is 12.1. The molecule has 0 saturated carbocycles. The van der Waals surface area contributed by atoms with Crippen molar-refractivity contribution in [3.63, 3.8) is 0 Å². The molecule has 1 fully saturated rings. The third-order valence-electron chi connectivity index (χ3n) is 3.38. The van der Waals surface area contributed by atoms with Gasteiger partial charge in [-0.05, 0) is 30.7 Å². The molecular weight excluding hydrogens is 328 g/mol. The van der Waals surface area contributed by atoms with Crippen LogP contribution in [0.4, 0.5) is 0 Å². The minimum absolute atomic E-state index is 0.0237. The van der Waals surface area contributed by atoms with Gasteiger partial charge in [-0.15, -0.1) is 5.10 Å². The molecule has 1 atom stereocenters. The molecule has 2 aromatic rings. The molecule has 1 N–H and O–H groups in total. The minimum atomic E-state index is -3.03. The Morgan fingerprint density at radius 1 is 1.32 bits per heavy atom. The summed E-state index contributed by atoms with van der Waals surface area (Å²) in [6.45, 7) is 0. The van der Waals surface area contributed by atoms with E-state index in [1.165, 1.54) is 10.9 Å². The standard InChI is InChI=1S/C13H13ClN4O3S/c14-9-1-3-11(4-2-9)18-7-12(16-17-18)13(19)15-10-5-6-22(20,21)8-10/h1-4,7,10H,5-6,8H2,(H,15,19)/t10-/m0/s1. The molecule has 1 saturated heterocycles. The molecule has 7 nitrogen and oxygen atoms in total. The molecule has 0 bridgehead atoms. The van der Waals surface area contributed by atoms with E-state index in [1.54, 1.807) is 24.3 Å². The first-order valence-corrected chi connectivity index (χ1v) is 8.82. The van der Waals surface area contributed by atoms with E-state index in [4.69, 9.17) is 11.6 Å². The van der Waals surface area contributed by atoms with Gasteiger partial charge in [-0.1, -0.05) is 16.8 Å². The minimum Gasteiger partial charge on any atom is -0.347 e. The van der Waals surface area contributed by atoms with Crippen LogP contribution in [0.2, 0.25) is 5.02 Å². The summed E-state index contributed by atoms with van der Waals surface area (Å²) in [5.74, 6) is -0.346. The van der Waals surface area contributed by atoms with Crippen LogP contribution in [-0.4, -0.2) is 46.9 Å². The number of carbonyl (C=O) groups excluding carboxylic acids is 1. The zero-order valence-electron chi connectivity index (χ0n) is 11.4. The summed E-state index contributed by atoms with van der Waals surface area (Å²) < 4.78 is 24.2. The first-order valence-electron chi connectivity index (χ1n) is 6.62. The second-order valence-electron chi connectivity index (χ2n) is 5.10. The molecule has 22 heavy (non-hydrogen) atoms. The molecule has 3 rings (SSSR count). The SMILES string of the molecule is O=C(N[C@H]1CCS(=O)(=O)C1)c1cn(-c2ccc(Cl)cc2)nn1. The number of rotatable bonds is 3. The Hall–Kier alpha value is -1.93. The Morgan fingerprint density at radius 2 is 2.05 bits per heavy atom. The van der Waals surface area contributed by atoms with Gasteiger partial charge in [-0.2, -0.15) is 0 Å². The number of nitrogens with zero attached hydrogens (tertiary/aromatic N) is 3. The van der Waals surface area contributed by atoms with E-state index < -0.39 is 15.7 Å². The number of sulfone groups is 1. The normalized spacial score (nSPS) is 20.0. The quantitative estimate of drug-likeness (QED) is 0.893. The summed E-state index contributed by atoms with van der Waals surface area (Å²) in [7, 11) is -3.03. The Morgan fingerprint density at radius 3 is 2.68 bits per heavy atom. The summed E-state index contributed by atoms with van der Waals surface area (Å²) in [6, 6.07) is 6.56. The Kier molecular flexibility index (Phi) is 3.88. The molecule has 1 aliphatic heterocycles. The van der Waals surface area contributed by atoms with Crippen LogP contribution >= 0.6 is 11.6 Å². The van der Waals surface area contributed by atoms with Gasteiger partial charge in [-0.3, -0.25) is 4.79 Å². The van der Waals surface area contributed by atoms with Crippen LogP contribution in [0.25, 0.3) is 5.69 Å². The van der Waals surface area contributed by atoms with E-state index in [1.807, 2.05) is 0 Å². The molecule has 0 radical (unpaired) electrons. The number of carbonyl (C=O) groups is 1. The smallest absolute Gasteiger partial charge is 0.273 e. The third kappa shape index (κ3) is 3.28. The van der Waals surface area contributed by atoms with Gasteiger partial charge in [0.2, 0.25) is 0 Å². The number of amides is 1. The van der Waals surface area contributed by atoms with Crippen LogP contribution < -0.4 is 5.32 Å². The fourth-order valence-electron chi connectivity index (χ4n) is 2.26. The van der Waals surface area contributed by atoms with Crippen molar-refractivity contribution in [3.05, 3.63) is 41.2 Å². The Labute approximate surface area is 132 Å². The van der Waals surface area contributed by atoms with Crippen molar-refractivity contribution in [2.75, 3.05) is 11.5 Å². The molecular formula is C13H13ClN4O3S. The molecule has 9 heteroatoms. The maximum Gasteiger partial charge on any atom is 0.273 e. The van der Waals surface area contributed by atoms with E-state index in [2.05, 4.69) is 15.6 Å². The Balaban J connectivity index is 1.71. The summed E-state index contributed by atoms with van der Waals surface area (Å²) >= 11 is 5.81. The predicted octanol–water partition coefficient (Wildman–Crippen LogP) is 0.838. The highest BCUT2D eigenvalue weighted by molar-refractivity contribution is 7.91. The summed E-state index contributed by atoms with van der Waals surface area (Å²) in [5, 5.41) is 11.0. The molecule has 2 heterocycles. The van der Waals surface area contributed by atoms with Gasteiger partial charge in [0.05, 0.1) is 23.4 Å². The monoisotopic (exact) mass is 340 g/mol. The van der Waals surface area contributed by atoms with Crippen molar-refractivity contribution in [1.82, 2.24) is 20.3 Å². The van der Waals surface area contributed by atoms with Gasteiger partial charge in [0, 0.05) is 11.1 Å². The summed E-state index contributed by atoms with van der Waals surface area (Å²) in [6.07, 6.45) is 1.92. The first kappa shape index (κ1) is 15.0. The molecule has 0 spiro atoms. The third-order valence-corrected chi connectivity index (χ3v) is 5.40. The highest BCUT2D eigenvalue weighted by Gasteiger charge is 2.29. The average Bonchev–Trinajstić information content (AvgIpc) is 3.06. The number of halogens is 1. The van der Waals surface area contributed by atoms with Gasteiger partial charge in [0.1, 0.15) is 0 Å². The van der Waals surface area contributed by atoms with Crippen molar-refractivity contribution in [2.24, 2.45) is 0 Å². The lowest BCUT2D eigenvalue weighted by atomic mass is 10.2. The fraction of sp³-hybridized carbons (Fsp3) is 0.308. The zero-order valence-corrected chi connectivity index (χ0v) is 13.0. The maximum absolute atomic E-state index is 12.1. The van der Waals surface area contributed by atoms with E-state index in [0.717, 1.165) is 5.69 Å². The van der Waals surface area contributed by atoms with Crippen molar-refractivity contribution < 1.29 is 13.2 Å². The molecule has 1 aromatic carbocycles. The van der Waals surface area contributed by atoms with E-state index in [-0.39, 0.29) is 23.2 Å². The highest BCUT2D eigenvalue weighted by atomic mass is 35.5. The van der Waals surface area contributed by atoms with Crippen molar-refractivity contribution >= 4 is 27.3 Å². The van der Waals surface area contributed by atoms with Gasteiger partial charge in [0.15, 0.2) is 15.5 Å². The van der Waals surface area contributed by atoms with Crippen molar-refractivity contribution in [3.8, 4) is 5.69 Å². The molecule has 116 valence electrons. The van der Waals surface area contributed by atoms with Crippen LogP contribution in [0.1, 0.15) is 16.9 Å². The molecule has 0 unspecified atom stereocenters. The number of hydrogen-bond acceptors (Lipinski definition) is 5. The molecule has 0 aliphatic carbocycles. The lowest BCUT2D eigenvalue weighted by Crippen LogP contribution is -2.35. The van der Waals surface area contributed by atoms with Gasteiger partial charge >= 0.3 is 0 Å². The van der Waals surface area contributed by atoms with Gasteiger partial charge < -0.3 is 5.32 Å². The zero-order chi connectivity index (χ0) is 15.7. The second-order valence-corrected chi connectivity index (χ2v) is 7.76. The van der Waals surface area contributed by atoms with Gasteiger partial charge in [-0.25, -0.2) is 13.1 Å². The van der Waals surface area contributed by atoms with E-state index in [9.17, 15) is 13.2 Å².